The van der Waals surface area contributed by atoms with Gasteiger partial charge in [0, 0.05) is 10.5 Å². The third kappa shape index (κ3) is 2.11. The summed E-state index contributed by atoms with van der Waals surface area (Å²) in [5.41, 5.74) is 2.27. The number of hydrogen-bond acceptors (Lipinski definition) is 3. The van der Waals surface area contributed by atoms with Crippen molar-refractivity contribution in [1.82, 2.24) is 0 Å². The Morgan fingerprint density at radius 3 is 2.15 bits per heavy atom. The Bertz CT molecular complexity index is 685. The number of aliphatic imine (C=N–C) groups is 1. The van der Waals surface area contributed by atoms with Gasteiger partial charge in [0.05, 0.1) is 9.80 Å². The molecule has 0 spiro atoms. The summed E-state index contributed by atoms with van der Waals surface area (Å²) in [5.74, 6) is 0.736. The highest BCUT2D eigenvalue weighted by molar-refractivity contribution is 8.86. The van der Waals surface area contributed by atoms with Crippen LogP contribution in [0, 0.1) is 0 Å². The van der Waals surface area contributed by atoms with E-state index >= 15 is 0 Å². The molecule has 1 unspecified atom stereocenters. The van der Waals surface area contributed by atoms with Gasteiger partial charge in [0.1, 0.15) is 4.99 Å². The number of hydrogen-bond donors (Lipinski definition) is 0. The van der Waals surface area contributed by atoms with Crippen molar-refractivity contribution in [2.45, 2.75) is 0 Å². The monoisotopic (exact) mass is 297 g/mol. The molecule has 98 valence electrons. The quantitative estimate of drug-likeness (QED) is 0.602. The maximum atomic E-state index is 5.97. The molecule has 0 bridgehead atoms. The van der Waals surface area contributed by atoms with Crippen LogP contribution >= 0.6 is 20.6 Å². The summed E-state index contributed by atoms with van der Waals surface area (Å²) < 4.78 is 5.97. The fraction of sp³-hybridized carbons (Fsp3) is 0. The molecule has 2 aromatic carbocycles. The van der Waals surface area contributed by atoms with Crippen LogP contribution in [0.25, 0.3) is 4.91 Å². The van der Waals surface area contributed by atoms with Gasteiger partial charge in [-0.05, 0) is 34.6 Å². The van der Waals surface area contributed by atoms with Gasteiger partial charge in [0.15, 0.2) is 0 Å². The van der Waals surface area contributed by atoms with Crippen LogP contribution in [0.15, 0.2) is 71.7 Å². The lowest BCUT2D eigenvalue weighted by molar-refractivity contribution is 0.662. The summed E-state index contributed by atoms with van der Waals surface area (Å²) in [6, 6.07) is 20.4. The predicted molar refractivity (Wildman–Crippen MR) is 88.7 cm³/mol. The standard InChI is InChI=1S/C16H11NOS2/c1-3-7-12(8-4-1)14-11-15-17-16(18-20(15)19-14)13-9-5-2-6-10-13/h1-11H. The van der Waals surface area contributed by atoms with Crippen molar-refractivity contribution in [1.29, 1.82) is 0 Å². The molecule has 2 aliphatic heterocycles. The third-order valence-electron chi connectivity index (χ3n) is 3.04. The van der Waals surface area contributed by atoms with Gasteiger partial charge in [0.25, 0.3) is 0 Å². The molecule has 0 saturated heterocycles. The van der Waals surface area contributed by atoms with Gasteiger partial charge in [0.2, 0.25) is 5.90 Å². The summed E-state index contributed by atoms with van der Waals surface area (Å²) in [4.78, 5) is 6.89. The molecule has 1 atom stereocenters. The lowest BCUT2D eigenvalue weighted by Gasteiger charge is -2.06. The topological polar surface area (TPSA) is 21.6 Å². The van der Waals surface area contributed by atoms with Crippen molar-refractivity contribution in [3.05, 3.63) is 77.9 Å². The van der Waals surface area contributed by atoms with Crippen molar-refractivity contribution in [3.63, 3.8) is 0 Å². The van der Waals surface area contributed by atoms with Crippen molar-refractivity contribution >= 4 is 36.4 Å². The third-order valence-corrected chi connectivity index (χ3v) is 6.29. The van der Waals surface area contributed by atoms with Gasteiger partial charge in [-0.3, -0.25) is 0 Å². The Labute approximate surface area is 123 Å². The summed E-state index contributed by atoms with van der Waals surface area (Å²) in [5, 5.41) is 0. The van der Waals surface area contributed by atoms with Crippen LogP contribution < -0.4 is 0 Å². The molecular formula is C16H11NOS2. The minimum atomic E-state index is -0.292. The molecule has 4 heteroatoms. The van der Waals surface area contributed by atoms with Crippen molar-refractivity contribution in [3.8, 4) is 0 Å². The van der Waals surface area contributed by atoms with Crippen LogP contribution in [0.4, 0.5) is 0 Å². The van der Waals surface area contributed by atoms with Crippen LogP contribution in [0.3, 0.4) is 0 Å². The van der Waals surface area contributed by atoms with E-state index in [-0.39, 0.29) is 9.80 Å². The molecule has 0 amide bonds. The molecule has 0 fully saturated rings. The summed E-state index contributed by atoms with van der Waals surface area (Å²) in [7, 11) is 1.46. The van der Waals surface area contributed by atoms with E-state index in [0.717, 1.165) is 16.4 Å². The zero-order chi connectivity index (χ0) is 13.4. The molecule has 20 heavy (non-hydrogen) atoms. The highest BCUT2D eigenvalue weighted by atomic mass is 33.1. The van der Waals surface area contributed by atoms with Crippen molar-refractivity contribution < 1.29 is 4.18 Å². The molecule has 2 aromatic rings. The van der Waals surface area contributed by atoms with Gasteiger partial charge in [-0.1, -0.05) is 48.5 Å². The van der Waals surface area contributed by atoms with E-state index in [1.165, 1.54) is 10.5 Å². The first-order chi connectivity index (χ1) is 9.90. The summed E-state index contributed by atoms with van der Waals surface area (Å²) >= 11 is 0. The van der Waals surface area contributed by atoms with E-state index in [1.54, 1.807) is 10.8 Å². The molecule has 2 heterocycles. The number of nitrogens with zero attached hydrogens (tertiary/aromatic N) is 1. The zero-order valence-electron chi connectivity index (χ0n) is 10.5. The van der Waals surface area contributed by atoms with E-state index < -0.39 is 0 Å². The molecule has 0 saturated carbocycles. The Balaban J connectivity index is 1.62. The maximum absolute atomic E-state index is 5.97. The fourth-order valence-corrected chi connectivity index (χ4v) is 5.27. The Kier molecular flexibility index (Phi) is 2.98. The average molecular weight is 297 g/mol. The molecule has 0 aromatic heterocycles. The molecule has 2 nitrogen and oxygen atoms in total. The molecular weight excluding hydrogens is 286 g/mol. The first-order valence-electron chi connectivity index (χ1n) is 6.29. The lowest BCUT2D eigenvalue weighted by Crippen LogP contribution is -1.99. The van der Waals surface area contributed by atoms with E-state index in [2.05, 4.69) is 35.3 Å². The van der Waals surface area contributed by atoms with Crippen molar-refractivity contribution in [2.24, 2.45) is 4.99 Å². The van der Waals surface area contributed by atoms with E-state index in [0.29, 0.717) is 0 Å². The second-order valence-corrected chi connectivity index (χ2v) is 7.47. The normalized spacial score (nSPS) is 20.2. The molecule has 0 N–H and O–H groups in total. The fourth-order valence-electron chi connectivity index (χ4n) is 2.06. The molecule has 2 aliphatic rings. The van der Waals surface area contributed by atoms with Gasteiger partial charge in [-0.15, -0.1) is 0 Å². The largest absolute Gasteiger partial charge is 0.401 e. The summed E-state index contributed by atoms with van der Waals surface area (Å²) in [6.45, 7) is 0. The zero-order valence-corrected chi connectivity index (χ0v) is 12.2. The minimum Gasteiger partial charge on any atom is -0.401 e. The molecule has 4 rings (SSSR count). The Hall–Kier alpha value is -1.78. The Morgan fingerprint density at radius 2 is 1.50 bits per heavy atom. The highest BCUT2D eigenvalue weighted by Gasteiger charge is 2.26. The van der Waals surface area contributed by atoms with Crippen LogP contribution in [0.5, 0.6) is 0 Å². The van der Waals surface area contributed by atoms with Gasteiger partial charge < -0.3 is 4.18 Å². The SMILES string of the molecule is C1=C(c2ccccc2)SS2=C1N=C(c1ccccc1)O2. The van der Waals surface area contributed by atoms with Crippen LogP contribution in [0.2, 0.25) is 0 Å². The first kappa shape index (κ1) is 12.0. The van der Waals surface area contributed by atoms with Gasteiger partial charge in [-0.2, -0.15) is 0 Å². The molecule has 0 radical (unpaired) electrons. The van der Waals surface area contributed by atoms with E-state index in [9.17, 15) is 0 Å². The van der Waals surface area contributed by atoms with Crippen LogP contribution in [-0.2, 0) is 4.18 Å². The van der Waals surface area contributed by atoms with Gasteiger partial charge >= 0.3 is 0 Å². The van der Waals surface area contributed by atoms with E-state index in [1.807, 2.05) is 36.4 Å². The van der Waals surface area contributed by atoms with Gasteiger partial charge in [-0.25, -0.2) is 4.99 Å². The second-order valence-electron chi connectivity index (χ2n) is 4.40. The predicted octanol–water partition coefficient (Wildman–Crippen LogP) is 4.48. The van der Waals surface area contributed by atoms with Crippen LogP contribution in [-0.4, -0.2) is 10.9 Å². The minimum absolute atomic E-state index is 0.292. The first-order valence-corrected chi connectivity index (χ1v) is 8.77. The van der Waals surface area contributed by atoms with Crippen molar-refractivity contribution in [2.75, 3.05) is 0 Å². The Morgan fingerprint density at radius 1 is 0.850 bits per heavy atom. The number of rotatable bonds is 2. The van der Waals surface area contributed by atoms with E-state index in [4.69, 9.17) is 4.18 Å². The number of benzene rings is 2. The second kappa shape index (κ2) is 4.96. The summed E-state index contributed by atoms with van der Waals surface area (Å²) in [6.07, 6.45) is 2.14. The highest BCUT2D eigenvalue weighted by Crippen LogP contribution is 2.52. The smallest absolute Gasteiger partial charge is 0.236 e. The molecule has 0 aliphatic carbocycles. The lowest BCUT2D eigenvalue weighted by atomic mass is 10.2. The van der Waals surface area contributed by atoms with Crippen LogP contribution in [0.1, 0.15) is 11.1 Å². The maximum Gasteiger partial charge on any atom is 0.236 e. The average Bonchev–Trinajstić information content (AvgIpc) is 3.08.